The Morgan fingerprint density at radius 3 is 2.16 bits per heavy atom. The van der Waals surface area contributed by atoms with E-state index >= 15 is 0 Å². The Bertz CT molecular complexity index is 1340. The van der Waals surface area contributed by atoms with Crippen LogP contribution in [0, 0.1) is 10.1 Å². The minimum atomic E-state index is -0.585. The summed E-state index contributed by atoms with van der Waals surface area (Å²) in [6.45, 7) is 0. The summed E-state index contributed by atoms with van der Waals surface area (Å²) in [5.41, 5.74) is 1.95. The summed E-state index contributed by atoms with van der Waals surface area (Å²) in [4.78, 5) is 23.3. The normalized spacial score (nSPS) is 11.0. The number of hydrogen-bond acceptors (Lipinski definition) is 8. The van der Waals surface area contributed by atoms with Crippen LogP contribution in [0.4, 0.5) is 5.69 Å². The van der Waals surface area contributed by atoms with Crippen molar-refractivity contribution in [3.8, 4) is 28.7 Å². The number of rotatable bonds is 11. The highest BCUT2D eigenvalue weighted by Crippen LogP contribution is 2.39. The third-order valence-corrected chi connectivity index (χ3v) is 5.56. The Morgan fingerprint density at radius 2 is 1.57 bits per heavy atom. The molecule has 3 aromatic carbocycles. The van der Waals surface area contributed by atoms with Gasteiger partial charge in [-0.1, -0.05) is 30.4 Å². The van der Waals surface area contributed by atoms with Gasteiger partial charge in [0.25, 0.3) is 5.69 Å². The molecule has 192 valence electrons. The largest absolute Gasteiger partial charge is 0.504 e. The molecular formula is C28H27NO8. The second-order valence-electron chi connectivity index (χ2n) is 7.76. The Balaban J connectivity index is 1.92. The average molecular weight is 506 g/mol. The van der Waals surface area contributed by atoms with E-state index in [2.05, 4.69) is 0 Å². The van der Waals surface area contributed by atoms with Crippen LogP contribution < -0.4 is 18.9 Å². The number of nitro benzene ring substituents is 1. The number of hydrogen-bond donors (Lipinski definition) is 1. The van der Waals surface area contributed by atoms with Crippen molar-refractivity contribution in [1.82, 2.24) is 0 Å². The monoisotopic (exact) mass is 505 g/mol. The average Bonchev–Trinajstić information content (AvgIpc) is 2.91. The number of para-hydroxylation sites is 1. The Hall–Kier alpha value is -4.79. The molecule has 0 aromatic heterocycles. The number of aromatic hydroxyl groups is 1. The third-order valence-electron chi connectivity index (χ3n) is 5.56. The fourth-order valence-electron chi connectivity index (χ4n) is 3.73. The first kappa shape index (κ1) is 26.8. The van der Waals surface area contributed by atoms with Crippen molar-refractivity contribution in [2.45, 2.75) is 6.42 Å². The molecule has 0 atom stereocenters. The summed E-state index contributed by atoms with van der Waals surface area (Å²) >= 11 is 0. The summed E-state index contributed by atoms with van der Waals surface area (Å²) in [7, 11) is 6.03. The molecule has 0 aliphatic rings. The predicted octanol–water partition coefficient (Wildman–Crippen LogP) is 5.49. The van der Waals surface area contributed by atoms with Crippen LogP contribution in [0.5, 0.6) is 28.7 Å². The number of methoxy groups -OCH3 is 4. The van der Waals surface area contributed by atoms with Gasteiger partial charge in [0.05, 0.1) is 38.9 Å². The zero-order chi connectivity index (χ0) is 26.9. The van der Waals surface area contributed by atoms with Gasteiger partial charge in [-0.3, -0.25) is 14.9 Å². The molecule has 0 fully saturated rings. The molecule has 0 aliphatic carbocycles. The Labute approximate surface area is 214 Å². The van der Waals surface area contributed by atoms with E-state index in [1.54, 1.807) is 42.5 Å². The van der Waals surface area contributed by atoms with Crippen LogP contribution in [0.1, 0.15) is 27.0 Å². The van der Waals surface area contributed by atoms with E-state index in [1.165, 1.54) is 52.7 Å². The minimum Gasteiger partial charge on any atom is -0.504 e. The van der Waals surface area contributed by atoms with Gasteiger partial charge >= 0.3 is 0 Å². The number of phenolic OH excluding ortho intramolecular Hbond substituents is 1. The van der Waals surface area contributed by atoms with Crippen LogP contribution in [0.15, 0.2) is 60.7 Å². The first-order valence-corrected chi connectivity index (χ1v) is 11.1. The molecule has 3 rings (SSSR count). The molecule has 0 radical (unpaired) electrons. The maximum atomic E-state index is 12.6. The number of ether oxygens (including phenoxy) is 4. The maximum Gasteiger partial charge on any atom is 0.280 e. The molecule has 0 amide bonds. The number of carbonyl (C=O) groups excluding carboxylic acids is 1. The Kier molecular flexibility index (Phi) is 8.88. The third kappa shape index (κ3) is 6.26. The Morgan fingerprint density at radius 1 is 0.919 bits per heavy atom. The van der Waals surface area contributed by atoms with Crippen molar-refractivity contribution >= 4 is 23.6 Å². The van der Waals surface area contributed by atoms with Crippen molar-refractivity contribution in [2.24, 2.45) is 0 Å². The number of allylic oxidation sites excluding steroid dienone is 2. The lowest BCUT2D eigenvalue weighted by molar-refractivity contribution is -0.385. The van der Waals surface area contributed by atoms with Crippen molar-refractivity contribution in [3.63, 3.8) is 0 Å². The smallest absolute Gasteiger partial charge is 0.280 e. The van der Waals surface area contributed by atoms with Crippen LogP contribution in [0.3, 0.4) is 0 Å². The number of nitro groups is 1. The molecule has 0 heterocycles. The molecule has 0 spiro atoms. The molecule has 37 heavy (non-hydrogen) atoms. The van der Waals surface area contributed by atoms with Gasteiger partial charge < -0.3 is 24.1 Å². The number of carbonyl (C=O) groups is 1. The first-order chi connectivity index (χ1) is 17.8. The van der Waals surface area contributed by atoms with E-state index < -0.39 is 10.7 Å². The minimum absolute atomic E-state index is 0.00885. The lowest BCUT2D eigenvalue weighted by Crippen LogP contribution is -2.01. The van der Waals surface area contributed by atoms with Crippen molar-refractivity contribution < 1.29 is 33.8 Å². The lowest BCUT2D eigenvalue weighted by atomic mass is 10.0. The zero-order valence-corrected chi connectivity index (χ0v) is 20.9. The predicted molar refractivity (Wildman–Crippen MR) is 140 cm³/mol. The van der Waals surface area contributed by atoms with Crippen molar-refractivity contribution in [3.05, 3.63) is 93.1 Å². The molecule has 0 aliphatic heterocycles. The molecule has 0 bridgehead atoms. The van der Waals surface area contributed by atoms with Gasteiger partial charge in [-0.05, 0) is 59.5 Å². The zero-order valence-electron chi connectivity index (χ0n) is 20.9. The van der Waals surface area contributed by atoms with E-state index in [9.17, 15) is 20.0 Å². The number of nitrogens with zero attached hydrogens (tertiary/aromatic N) is 1. The standard InChI is InChI=1S/C28H27NO8/c1-34-25-17-19(8-7-11-23(30)21-9-5-6-10-22(21)29(32)33)20(16-24(25)31)13-12-18-14-26(35-2)28(37-4)27(15-18)36-3/h5-7,9-17,31H,8H2,1-4H3/b11-7-,13-12-. The molecule has 3 aromatic rings. The van der Waals surface area contributed by atoms with Gasteiger partial charge in [0.1, 0.15) is 0 Å². The van der Waals surface area contributed by atoms with Gasteiger partial charge in [0, 0.05) is 6.07 Å². The quantitative estimate of drug-likeness (QED) is 0.120. The summed E-state index contributed by atoms with van der Waals surface area (Å²) in [6.07, 6.45) is 6.83. The lowest BCUT2D eigenvalue weighted by Gasteiger charge is -2.13. The van der Waals surface area contributed by atoms with E-state index in [-0.39, 0.29) is 22.7 Å². The van der Waals surface area contributed by atoms with Gasteiger partial charge in [0.2, 0.25) is 5.75 Å². The molecule has 0 unspecified atom stereocenters. The van der Waals surface area contributed by atoms with Crippen molar-refractivity contribution in [2.75, 3.05) is 28.4 Å². The van der Waals surface area contributed by atoms with Crippen molar-refractivity contribution in [1.29, 1.82) is 0 Å². The molecule has 0 saturated heterocycles. The first-order valence-electron chi connectivity index (χ1n) is 11.1. The van der Waals surface area contributed by atoms with Gasteiger partial charge in [0.15, 0.2) is 28.8 Å². The fraction of sp³-hybridized carbons (Fsp3) is 0.179. The topological polar surface area (TPSA) is 117 Å². The van der Waals surface area contributed by atoms with E-state index in [0.717, 1.165) is 11.1 Å². The van der Waals surface area contributed by atoms with Gasteiger partial charge in [-0.15, -0.1) is 0 Å². The van der Waals surface area contributed by atoms with E-state index in [0.29, 0.717) is 29.2 Å². The molecule has 0 saturated carbocycles. The number of benzene rings is 3. The summed E-state index contributed by atoms with van der Waals surface area (Å²) in [6, 6.07) is 12.6. The highest BCUT2D eigenvalue weighted by molar-refractivity contribution is 6.07. The highest BCUT2D eigenvalue weighted by Gasteiger charge is 2.17. The van der Waals surface area contributed by atoms with Crippen LogP contribution in [-0.2, 0) is 6.42 Å². The van der Waals surface area contributed by atoms with Crippen LogP contribution in [0.25, 0.3) is 12.2 Å². The summed E-state index contributed by atoms with van der Waals surface area (Å²) < 4.78 is 21.4. The maximum absolute atomic E-state index is 12.6. The molecular weight excluding hydrogens is 478 g/mol. The number of phenols is 1. The van der Waals surface area contributed by atoms with Gasteiger partial charge in [-0.25, -0.2) is 0 Å². The fourth-order valence-corrected chi connectivity index (χ4v) is 3.73. The summed E-state index contributed by atoms with van der Waals surface area (Å²) in [5.74, 6) is 1.21. The second kappa shape index (κ2) is 12.3. The molecule has 9 nitrogen and oxygen atoms in total. The summed E-state index contributed by atoms with van der Waals surface area (Å²) in [5, 5.41) is 21.6. The van der Waals surface area contributed by atoms with E-state index in [4.69, 9.17) is 18.9 Å². The second-order valence-corrected chi connectivity index (χ2v) is 7.76. The number of ketones is 1. The van der Waals surface area contributed by atoms with Gasteiger partial charge in [-0.2, -0.15) is 0 Å². The van der Waals surface area contributed by atoms with Crippen LogP contribution in [0.2, 0.25) is 0 Å². The van der Waals surface area contributed by atoms with Crippen LogP contribution >= 0.6 is 0 Å². The molecule has 9 heteroatoms. The molecule has 1 N–H and O–H groups in total. The van der Waals surface area contributed by atoms with E-state index in [1.807, 2.05) is 6.08 Å². The highest BCUT2D eigenvalue weighted by atomic mass is 16.6. The van der Waals surface area contributed by atoms with Crippen LogP contribution in [-0.4, -0.2) is 44.3 Å². The SMILES string of the molecule is COc1cc(C/C=C\C(=O)c2ccccc2[N+](=O)[O-])c(/C=C\c2cc(OC)c(OC)c(OC)c2)cc1O.